The lowest BCUT2D eigenvalue weighted by atomic mass is 9.49. The molecular weight excluding hydrogens is 330 g/mol. The molecule has 0 saturated heterocycles. The first-order chi connectivity index (χ1) is 12.6. The molecule has 5 aliphatic rings. The highest BCUT2D eigenvalue weighted by Crippen LogP contribution is 2.61. The Hall–Kier alpha value is -2.04. The van der Waals surface area contributed by atoms with Gasteiger partial charge in [0.25, 0.3) is 0 Å². The lowest BCUT2D eigenvalue weighted by Gasteiger charge is -2.56. The van der Waals surface area contributed by atoms with Crippen LogP contribution in [-0.2, 0) is 16.0 Å². The summed E-state index contributed by atoms with van der Waals surface area (Å²) in [7, 11) is 1.30. The van der Waals surface area contributed by atoms with E-state index in [1.165, 1.54) is 26.4 Å². The van der Waals surface area contributed by atoms with Crippen molar-refractivity contribution in [1.82, 2.24) is 0 Å². The van der Waals surface area contributed by atoms with E-state index >= 15 is 0 Å². The summed E-state index contributed by atoms with van der Waals surface area (Å²) in [4.78, 5) is 27.1. The van der Waals surface area contributed by atoms with Gasteiger partial charge in [-0.25, -0.2) is 4.79 Å². The molecule has 138 valence electrons. The fourth-order valence-electron chi connectivity index (χ4n) is 6.50. The zero-order valence-corrected chi connectivity index (χ0v) is 15.2. The van der Waals surface area contributed by atoms with Crippen LogP contribution < -0.4 is 9.64 Å². The average molecular weight is 355 g/mol. The van der Waals surface area contributed by atoms with E-state index in [0.717, 1.165) is 54.7 Å². The van der Waals surface area contributed by atoms with Gasteiger partial charge in [-0.05, 0) is 74.8 Å². The summed E-state index contributed by atoms with van der Waals surface area (Å²) >= 11 is 0. The van der Waals surface area contributed by atoms with Gasteiger partial charge in [0, 0.05) is 12.1 Å². The van der Waals surface area contributed by atoms with Crippen molar-refractivity contribution in [2.75, 3.05) is 18.6 Å². The van der Waals surface area contributed by atoms with Gasteiger partial charge >= 0.3 is 6.16 Å². The van der Waals surface area contributed by atoms with E-state index in [-0.39, 0.29) is 5.41 Å². The number of hydrogen-bond donors (Lipinski definition) is 0. The second kappa shape index (κ2) is 5.73. The van der Waals surface area contributed by atoms with E-state index in [0.29, 0.717) is 18.2 Å². The minimum atomic E-state index is -0.718. The first-order valence-corrected chi connectivity index (χ1v) is 9.77. The normalized spacial score (nSPS) is 33.9. The molecule has 0 radical (unpaired) electrons. The summed E-state index contributed by atoms with van der Waals surface area (Å²) in [5.74, 6) is 3.07. The van der Waals surface area contributed by atoms with Crippen molar-refractivity contribution in [3.8, 4) is 5.75 Å². The number of fused-ring (bicyclic) bond motifs is 1. The number of anilines is 1. The summed E-state index contributed by atoms with van der Waals surface area (Å²) < 4.78 is 9.90. The largest absolute Gasteiger partial charge is 0.513 e. The number of amides is 1. The zero-order valence-electron chi connectivity index (χ0n) is 15.2. The Labute approximate surface area is 153 Å². The summed E-state index contributed by atoms with van der Waals surface area (Å²) in [6.07, 6.45) is 7.22. The van der Waals surface area contributed by atoms with E-state index in [4.69, 9.17) is 4.74 Å². The molecule has 1 amide bonds. The standard InChI is InChI=1S/C21H25NO4/c1-25-20(24)26-18-4-2-3-17-16(18)5-6-22(17)19(23)21-10-13-7-14(11-21)9-15(8-13)12-21/h2-4,13-15H,5-12H2,1H3. The summed E-state index contributed by atoms with van der Waals surface area (Å²) in [6, 6.07) is 5.60. The maximum absolute atomic E-state index is 13.6. The molecule has 0 atom stereocenters. The van der Waals surface area contributed by atoms with Gasteiger partial charge < -0.3 is 14.4 Å². The first kappa shape index (κ1) is 16.2. The Morgan fingerprint density at radius 1 is 1.08 bits per heavy atom. The van der Waals surface area contributed by atoms with Crippen LogP contribution in [0.25, 0.3) is 0 Å². The number of methoxy groups -OCH3 is 1. The number of carbonyl (C=O) groups excluding carboxylic acids is 2. The summed E-state index contributed by atoms with van der Waals surface area (Å²) in [5.41, 5.74) is 1.71. The van der Waals surface area contributed by atoms with Gasteiger partial charge in [0.1, 0.15) is 5.75 Å². The van der Waals surface area contributed by atoms with E-state index in [1.807, 2.05) is 17.0 Å². The molecule has 4 aliphatic carbocycles. The molecule has 4 fully saturated rings. The Morgan fingerprint density at radius 3 is 2.35 bits per heavy atom. The monoisotopic (exact) mass is 355 g/mol. The fourth-order valence-corrected chi connectivity index (χ4v) is 6.50. The lowest BCUT2D eigenvalue weighted by Crippen LogP contribution is -2.54. The molecule has 0 spiro atoms. The molecule has 4 bridgehead atoms. The smallest absolute Gasteiger partial charge is 0.437 e. The lowest BCUT2D eigenvalue weighted by molar-refractivity contribution is -0.143. The van der Waals surface area contributed by atoms with Crippen molar-refractivity contribution < 1.29 is 19.1 Å². The Bertz CT molecular complexity index is 736. The third-order valence-corrected chi connectivity index (χ3v) is 7.08. The van der Waals surface area contributed by atoms with Gasteiger partial charge in [0.05, 0.1) is 18.2 Å². The van der Waals surface area contributed by atoms with Crippen LogP contribution in [0.2, 0.25) is 0 Å². The van der Waals surface area contributed by atoms with Crippen molar-refractivity contribution >= 4 is 17.7 Å². The van der Waals surface area contributed by atoms with Crippen LogP contribution in [0.4, 0.5) is 10.5 Å². The van der Waals surface area contributed by atoms with Gasteiger partial charge in [-0.15, -0.1) is 0 Å². The molecule has 5 nitrogen and oxygen atoms in total. The van der Waals surface area contributed by atoms with E-state index < -0.39 is 6.16 Å². The quantitative estimate of drug-likeness (QED) is 0.596. The highest BCUT2D eigenvalue weighted by atomic mass is 16.7. The van der Waals surface area contributed by atoms with Crippen molar-refractivity contribution in [2.24, 2.45) is 23.2 Å². The number of benzene rings is 1. The second-order valence-electron chi connectivity index (χ2n) is 8.71. The topological polar surface area (TPSA) is 55.8 Å². The molecular formula is C21H25NO4. The Morgan fingerprint density at radius 2 is 1.73 bits per heavy atom. The van der Waals surface area contributed by atoms with Crippen LogP contribution in [0.3, 0.4) is 0 Å². The van der Waals surface area contributed by atoms with Crippen LogP contribution >= 0.6 is 0 Å². The maximum atomic E-state index is 13.6. The number of rotatable bonds is 2. The summed E-state index contributed by atoms with van der Waals surface area (Å²) in [5, 5.41) is 0. The predicted molar refractivity (Wildman–Crippen MR) is 96.1 cm³/mol. The third kappa shape index (κ3) is 2.36. The van der Waals surface area contributed by atoms with E-state index in [1.54, 1.807) is 6.07 Å². The van der Waals surface area contributed by atoms with Gasteiger partial charge in [0.15, 0.2) is 0 Å². The van der Waals surface area contributed by atoms with Crippen LogP contribution in [0.5, 0.6) is 5.75 Å². The fraction of sp³-hybridized carbons (Fsp3) is 0.619. The average Bonchev–Trinajstić information content (AvgIpc) is 3.04. The highest BCUT2D eigenvalue weighted by Gasteiger charge is 2.56. The van der Waals surface area contributed by atoms with Crippen LogP contribution in [0.15, 0.2) is 18.2 Å². The molecule has 6 rings (SSSR count). The number of ether oxygens (including phenoxy) is 2. The van der Waals surface area contributed by atoms with Crippen LogP contribution in [0.1, 0.15) is 44.1 Å². The van der Waals surface area contributed by atoms with Gasteiger partial charge in [-0.3, -0.25) is 4.79 Å². The Balaban J connectivity index is 1.44. The van der Waals surface area contributed by atoms with E-state index in [2.05, 4.69) is 4.74 Å². The van der Waals surface area contributed by atoms with Crippen molar-refractivity contribution in [3.05, 3.63) is 23.8 Å². The van der Waals surface area contributed by atoms with Crippen LogP contribution in [0, 0.1) is 23.2 Å². The number of hydrogen-bond acceptors (Lipinski definition) is 4. The van der Waals surface area contributed by atoms with Crippen molar-refractivity contribution in [3.63, 3.8) is 0 Å². The second-order valence-corrected chi connectivity index (χ2v) is 8.71. The summed E-state index contributed by atoms with van der Waals surface area (Å²) in [6.45, 7) is 0.678. The molecule has 1 aromatic rings. The maximum Gasteiger partial charge on any atom is 0.513 e. The molecule has 1 aromatic carbocycles. The zero-order chi connectivity index (χ0) is 17.9. The molecule has 0 N–H and O–H groups in total. The SMILES string of the molecule is COC(=O)Oc1cccc2c1CCN2C(=O)C12CC3CC(CC(C3)C1)C2. The molecule has 1 aliphatic heterocycles. The molecule has 1 heterocycles. The van der Waals surface area contributed by atoms with Crippen LogP contribution in [-0.4, -0.2) is 25.7 Å². The predicted octanol–water partition coefficient (Wildman–Crippen LogP) is 3.94. The molecule has 4 saturated carbocycles. The number of carbonyl (C=O) groups is 2. The molecule has 0 unspecified atom stereocenters. The van der Waals surface area contributed by atoms with Gasteiger partial charge in [-0.1, -0.05) is 6.07 Å². The van der Waals surface area contributed by atoms with E-state index in [9.17, 15) is 9.59 Å². The first-order valence-electron chi connectivity index (χ1n) is 9.77. The van der Waals surface area contributed by atoms with Crippen molar-refractivity contribution in [2.45, 2.75) is 44.9 Å². The van der Waals surface area contributed by atoms with Crippen molar-refractivity contribution in [1.29, 1.82) is 0 Å². The number of nitrogens with zero attached hydrogens (tertiary/aromatic N) is 1. The highest BCUT2D eigenvalue weighted by molar-refractivity contribution is 6.00. The molecule has 0 aromatic heterocycles. The molecule has 5 heteroatoms. The minimum Gasteiger partial charge on any atom is -0.437 e. The Kier molecular flexibility index (Phi) is 3.56. The van der Waals surface area contributed by atoms with Gasteiger partial charge in [0.2, 0.25) is 5.91 Å². The molecule has 26 heavy (non-hydrogen) atoms. The minimum absolute atomic E-state index is 0.143. The van der Waals surface area contributed by atoms with Gasteiger partial charge in [-0.2, -0.15) is 0 Å². The third-order valence-electron chi connectivity index (χ3n) is 7.08.